The fraction of sp³-hybridized carbons (Fsp3) is 0.267. The second kappa shape index (κ2) is 4.90. The maximum absolute atomic E-state index is 6.25. The topological polar surface area (TPSA) is 57.4 Å². The Kier molecular flexibility index (Phi) is 3.09. The number of ether oxygens (including phenoxy) is 2. The molecule has 0 saturated heterocycles. The summed E-state index contributed by atoms with van der Waals surface area (Å²) < 4.78 is 10.7. The molecule has 98 valence electrons. The van der Waals surface area contributed by atoms with Crippen molar-refractivity contribution >= 4 is 0 Å². The van der Waals surface area contributed by atoms with E-state index >= 15 is 0 Å². The van der Waals surface area contributed by atoms with Crippen LogP contribution in [0.15, 0.2) is 36.5 Å². The summed E-state index contributed by atoms with van der Waals surface area (Å²) in [5.41, 5.74) is 9.49. The van der Waals surface area contributed by atoms with Gasteiger partial charge in [-0.2, -0.15) is 0 Å². The summed E-state index contributed by atoms with van der Waals surface area (Å²) in [5.74, 6) is 1.55. The van der Waals surface area contributed by atoms with Gasteiger partial charge in [-0.05, 0) is 36.2 Å². The molecule has 1 atom stereocenters. The highest BCUT2D eigenvalue weighted by molar-refractivity contribution is 5.45. The molecule has 1 aliphatic rings. The first-order valence-corrected chi connectivity index (χ1v) is 6.29. The lowest BCUT2D eigenvalue weighted by atomic mass is 10.0. The van der Waals surface area contributed by atoms with Crippen LogP contribution in [0, 0.1) is 6.92 Å². The minimum atomic E-state index is -0.0944. The quantitative estimate of drug-likeness (QED) is 0.916. The molecule has 2 heterocycles. The van der Waals surface area contributed by atoms with Crippen LogP contribution < -0.4 is 15.2 Å². The summed E-state index contributed by atoms with van der Waals surface area (Å²) in [5, 5.41) is 0. The molecule has 1 aromatic heterocycles. The number of hydrogen-bond acceptors (Lipinski definition) is 4. The number of hydrogen-bond donors (Lipinski definition) is 1. The van der Waals surface area contributed by atoms with Gasteiger partial charge >= 0.3 is 0 Å². The number of benzene rings is 1. The molecule has 0 fully saturated rings. The van der Waals surface area contributed by atoms with Crippen molar-refractivity contribution in [3.8, 4) is 11.5 Å². The number of aryl methyl sites for hydroxylation is 1. The Hall–Kier alpha value is -2.07. The van der Waals surface area contributed by atoms with Gasteiger partial charge in [-0.25, -0.2) is 0 Å². The molecule has 3 rings (SSSR count). The van der Waals surface area contributed by atoms with E-state index in [0.717, 1.165) is 22.8 Å². The van der Waals surface area contributed by atoms with E-state index in [4.69, 9.17) is 15.2 Å². The monoisotopic (exact) mass is 256 g/mol. The minimum absolute atomic E-state index is 0.0944. The summed E-state index contributed by atoms with van der Waals surface area (Å²) in [6.07, 6.45) is 2.51. The summed E-state index contributed by atoms with van der Waals surface area (Å²) in [7, 11) is 0. The third kappa shape index (κ3) is 2.39. The van der Waals surface area contributed by atoms with Gasteiger partial charge in [-0.15, -0.1) is 0 Å². The van der Waals surface area contributed by atoms with Gasteiger partial charge in [0.05, 0.1) is 0 Å². The molecule has 0 bridgehead atoms. The van der Waals surface area contributed by atoms with Crippen molar-refractivity contribution in [2.24, 2.45) is 5.73 Å². The second-order valence-corrected chi connectivity index (χ2v) is 4.69. The summed E-state index contributed by atoms with van der Waals surface area (Å²) >= 11 is 0. The molecule has 19 heavy (non-hydrogen) atoms. The first-order valence-electron chi connectivity index (χ1n) is 6.29. The lowest BCUT2D eigenvalue weighted by Gasteiger charge is -2.13. The average molecular weight is 256 g/mol. The molecular formula is C15H16N2O2. The first-order chi connectivity index (χ1) is 9.24. The molecule has 0 spiro atoms. The molecule has 1 aromatic carbocycles. The van der Waals surface area contributed by atoms with Crippen molar-refractivity contribution in [1.29, 1.82) is 0 Å². The third-order valence-corrected chi connectivity index (χ3v) is 3.36. The highest BCUT2D eigenvalue weighted by Crippen LogP contribution is 2.34. The zero-order chi connectivity index (χ0) is 13.2. The van der Waals surface area contributed by atoms with Crippen LogP contribution in [0.5, 0.6) is 11.5 Å². The predicted octanol–water partition coefficient (Wildman–Crippen LogP) is 2.36. The number of nitrogens with zero attached hydrogens (tertiary/aromatic N) is 1. The Balaban J connectivity index is 1.81. The van der Waals surface area contributed by atoms with Gasteiger partial charge in [0.15, 0.2) is 11.5 Å². The standard InChI is InChI=1S/C15H16N2O2/c1-10-3-2-6-17-13(10)8-12(16)11-4-5-14-15(7-11)19-9-18-14/h2-7,12H,8-9,16H2,1H3. The predicted molar refractivity (Wildman–Crippen MR) is 72.2 cm³/mol. The van der Waals surface area contributed by atoms with E-state index in [1.165, 1.54) is 5.56 Å². The number of aromatic nitrogens is 1. The molecule has 0 aliphatic carbocycles. The van der Waals surface area contributed by atoms with Crippen LogP contribution >= 0.6 is 0 Å². The minimum Gasteiger partial charge on any atom is -0.454 e. The van der Waals surface area contributed by atoms with Crippen molar-refractivity contribution < 1.29 is 9.47 Å². The average Bonchev–Trinajstić information content (AvgIpc) is 2.88. The highest BCUT2D eigenvalue weighted by Gasteiger charge is 2.16. The highest BCUT2D eigenvalue weighted by atomic mass is 16.7. The Morgan fingerprint density at radius 2 is 2.11 bits per heavy atom. The molecule has 2 N–H and O–H groups in total. The summed E-state index contributed by atoms with van der Waals surface area (Å²) in [4.78, 5) is 4.38. The number of rotatable bonds is 3. The number of fused-ring (bicyclic) bond motifs is 1. The maximum Gasteiger partial charge on any atom is 0.231 e. The Bertz CT molecular complexity index is 598. The van der Waals surface area contributed by atoms with E-state index < -0.39 is 0 Å². The molecule has 1 aliphatic heterocycles. The van der Waals surface area contributed by atoms with Crippen molar-refractivity contribution in [3.05, 3.63) is 53.3 Å². The van der Waals surface area contributed by atoms with E-state index in [1.54, 1.807) is 6.20 Å². The van der Waals surface area contributed by atoms with Crippen LogP contribution in [0.2, 0.25) is 0 Å². The fourth-order valence-corrected chi connectivity index (χ4v) is 2.20. The van der Waals surface area contributed by atoms with Crippen molar-refractivity contribution in [2.75, 3.05) is 6.79 Å². The van der Waals surface area contributed by atoms with Crippen LogP contribution in [0.25, 0.3) is 0 Å². The molecule has 2 aromatic rings. The maximum atomic E-state index is 6.25. The van der Waals surface area contributed by atoms with Crippen LogP contribution in [-0.4, -0.2) is 11.8 Å². The summed E-state index contributed by atoms with van der Waals surface area (Å²) in [6.45, 7) is 2.34. The Morgan fingerprint density at radius 3 is 2.95 bits per heavy atom. The van der Waals surface area contributed by atoms with Gasteiger partial charge in [0.25, 0.3) is 0 Å². The Labute approximate surface area is 112 Å². The second-order valence-electron chi connectivity index (χ2n) is 4.69. The van der Waals surface area contributed by atoms with Gasteiger partial charge in [-0.1, -0.05) is 12.1 Å². The van der Waals surface area contributed by atoms with Gasteiger partial charge < -0.3 is 15.2 Å². The van der Waals surface area contributed by atoms with Crippen LogP contribution in [-0.2, 0) is 6.42 Å². The molecule has 0 amide bonds. The summed E-state index contributed by atoms with van der Waals surface area (Å²) in [6, 6.07) is 9.73. The molecular weight excluding hydrogens is 240 g/mol. The largest absolute Gasteiger partial charge is 0.454 e. The number of pyridine rings is 1. The van der Waals surface area contributed by atoms with Crippen molar-refractivity contribution in [2.45, 2.75) is 19.4 Å². The Morgan fingerprint density at radius 1 is 1.26 bits per heavy atom. The van der Waals surface area contributed by atoms with E-state index in [1.807, 2.05) is 24.3 Å². The van der Waals surface area contributed by atoms with Crippen LogP contribution in [0.1, 0.15) is 22.9 Å². The smallest absolute Gasteiger partial charge is 0.231 e. The fourth-order valence-electron chi connectivity index (χ4n) is 2.20. The molecule has 1 unspecified atom stereocenters. The molecule has 0 radical (unpaired) electrons. The normalized spacial score (nSPS) is 14.4. The SMILES string of the molecule is Cc1cccnc1CC(N)c1ccc2c(c1)OCO2. The van der Waals surface area contributed by atoms with Gasteiger partial charge in [0.2, 0.25) is 6.79 Å². The van der Waals surface area contributed by atoms with E-state index in [0.29, 0.717) is 6.42 Å². The zero-order valence-electron chi connectivity index (χ0n) is 10.8. The van der Waals surface area contributed by atoms with E-state index in [2.05, 4.69) is 18.0 Å². The zero-order valence-corrected chi connectivity index (χ0v) is 10.8. The van der Waals surface area contributed by atoms with Crippen molar-refractivity contribution in [3.63, 3.8) is 0 Å². The first kappa shape index (κ1) is 12.0. The van der Waals surface area contributed by atoms with E-state index in [-0.39, 0.29) is 12.8 Å². The van der Waals surface area contributed by atoms with Crippen LogP contribution in [0.4, 0.5) is 0 Å². The molecule has 4 nitrogen and oxygen atoms in total. The van der Waals surface area contributed by atoms with Crippen LogP contribution in [0.3, 0.4) is 0 Å². The lowest BCUT2D eigenvalue weighted by Crippen LogP contribution is -2.14. The van der Waals surface area contributed by atoms with E-state index in [9.17, 15) is 0 Å². The van der Waals surface area contributed by atoms with Crippen molar-refractivity contribution in [1.82, 2.24) is 4.98 Å². The molecule has 0 saturated carbocycles. The van der Waals surface area contributed by atoms with Gasteiger partial charge in [-0.3, -0.25) is 4.98 Å². The lowest BCUT2D eigenvalue weighted by molar-refractivity contribution is 0.174. The number of nitrogens with two attached hydrogens (primary N) is 1. The molecule has 4 heteroatoms. The van der Waals surface area contributed by atoms with Gasteiger partial charge in [0, 0.05) is 24.4 Å². The van der Waals surface area contributed by atoms with Gasteiger partial charge in [0.1, 0.15) is 0 Å². The third-order valence-electron chi connectivity index (χ3n) is 3.36.